The van der Waals surface area contributed by atoms with Crippen LogP contribution in [-0.2, 0) is 22.5 Å². The zero-order chi connectivity index (χ0) is 26.8. The van der Waals surface area contributed by atoms with Gasteiger partial charge in [0.05, 0.1) is 23.9 Å². The fourth-order valence-electron chi connectivity index (χ4n) is 5.25. The van der Waals surface area contributed by atoms with Gasteiger partial charge < -0.3 is 19.5 Å². The van der Waals surface area contributed by atoms with Crippen molar-refractivity contribution < 1.29 is 19.4 Å². The molecule has 0 saturated heterocycles. The molecule has 0 saturated carbocycles. The molecule has 2 aliphatic heterocycles. The molecule has 2 atom stereocenters. The molecule has 39 heavy (non-hydrogen) atoms. The Morgan fingerprint density at radius 2 is 1.85 bits per heavy atom. The van der Waals surface area contributed by atoms with E-state index in [2.05, 4.69) is 11.1 Å². The molecule has 0 bridgehead atoms. The van der Waals surface area contributed by atoms with Crippen molar-refractivity contribution in [2.24, 2.45) is 4.99 Å². The van der Waals surface area contributed by atoms with Crippen molar-refractivity contribution in [1.29, 1.82) is 0 Å². The number of aromatic nitrogens is 1. The molecule has 198 valence electrons. The Labute approximate surface area is 231 Å². The minimum Gasteiger partial charge on any atom is -0.494 e. The molecule has 7 nitrogen and oxygen atoms in total. The summed E-state index contributed by atoms with van der Waals surface area (Å²) in [5, 5.41) is 12.0. The maximum atomic E-state index is 14.6. The third-order valence-electron chi connectivity index (χ3n) is 7.08. The summed E-state index contributed by atoms with van der Waals surface area (Å²) in [6, 6.07) is 25.4. The van der Waals surface area contributed by atoms with E-state index in [1.807, 2.05) is 90.0 Å². The highest BCUT2D eigenvalue weighted by Gasteiger charge is 2.57. The van der Waals surface area contributed by atoms with Gasteiger partial charge in [-0.2, -0.15) is 0 Å². The van der Waals surface area contributed by atoms with Crippen LogP contribution in [0.1, 0.15) is 39.9 Å². The molecule has 0 aliphatic carbocycles. The number of amides is 1. The number of carbonyl (C=O) groups is 1. The van der Waals surface area contributed by atoms with Crippen LogP contribution >= 0.6 is 11.3 Å². The summed E-state index contributed by atoms with van der Waals surface area (Å²) in [5.41, 5.74) is 3.30. The topological polar surface area (TPSA) is 84.3 Å². The second-order valence-electron chi connectivity index (χ2n) is 9.75. The lowest BCUT2D eigenvalue weighted by Crippen LogP contribution is -2.55. The first kappa shape index (κ1) is 25.3. The fraction of sp³-hybridized carbons (Fsp3) is 0.258. The normalized spacial score (nSPS) is 20.1. The van der Waals surface area contributed by atoms with Crippen LogP contribution in [-0.4, -0.2) is 40.6 Å². The number of rotatable bonds is 8. The number of aryl methyl sites for hydroxylation is 1. The Hall–Kier alpha value is -4.01. The van der Waals surface area contributed by atoms with E-state index in [4.69, 9.17) is 19.6 Å². The monoisotopic (exact) mass is 539 g/mol. The highest BCUT2D eigenvalue weighted by Crippen LogP contribution is 2.48. The number of aliphatic imine (C=N–C) groups is 1. The third kappa shape index (κ3) is 4.82. The molecule has 3 aromatic carbocycles. The van der Waals surface area contributed by atoms with Gasteiger partial charge in [-0.3, -0.25) is 4.79 Å². The first-order chi connectivity index (χ1) is 19.1. The molecule has 1 spiro atoms. The quantitative estimate of drug-likeness (QED) is 0.309. The Kier molecular flexibility index (Phi) is 6.89. The zero-order valence-electron chi connectivity index (χ0n) is 21.6. The van der Waals surface area contributed by atoms with Gasteiger partial charge in [-0.05, 0) is 48.4 Å². The largest absolute Gasteiger partial charge is 0.494 e. The van der Waals surface area contributed by atoms with Crippen LogP contribution in [0.4, 0.5) is 5.69 Å². The van der Waals surface area contributed by atoms with E-state index in [-0.39, 0.29) is 12.5 Å². The van der Waals surface area contributed by atoms with Gasteiger partial charge in [-0.15, -0.1) is 11.3 Å². The second-order valence-corrected chi connectivity index (χ2v) is 10.8. The summed E-state index contributed by atoms with van der Waals surface area (Å²) in [4.78, 5) is 26.1. The Morgan fingerprint density at radius 1 is 1.08 bits per heavy atom. The molecule has 1 amide bonds. The molecule has 0 unspecified atom stereocenters. The number of hydrogen-bond donors (Lipinski definition) is 1. The van der Waals surface area contributed by atoms with E-state index >= 15 is 0 Å². The van der Waals surface area contributed by atoms with Gasteiger partial charge in [0.2, 0.25) is 5.90 Å². The third-order valence-corrected chi connectivity index (χ3v) is 7.91. The van der Waals surface area contributed by atoms with Crippen molar-refractivity contribution in [2.75, 3.05) is 18.1 Å². The SMILES string of the molecule is Cc1nc(CN2C(=O)[C@@]3(Cc4ccccc42)N=C(c2ccc(OCCCO)cc2)O[C@H]3c2ccccc2)cs1. The van der Waals surface area contributed by atoms with Crippen molar-refractivity contribution in [3.8, 4) is 5.75 Å². The second kappa shape index (κ2) is 10.6. The molecule has 6 rings (SSSR count). The lowest BCUT2D eigenvalue weighted by molar-refractivity contribution is -0.127. The van der Waals surface area contributed by atoms with Crippen molar-refractivity contribution in [1.82, 2.24) is 4.98 Å². The molecular formula is C31H29N3O4S. The molecule has 0 radical (unpaired) electrons. The highest BCUT2D eigenvalue weighted by molar-refractivity contribution is 7.09. The minimum atomic E-state index is -1.16. The van der Waals surface area contributed by atoms with Crippen LogP contribution in [0.25, 0.3) is 0 Å². The fourth-order valence-corrected chi connectivity index (χ4v) is 5.86. The number of ether oxygens (including phenoxy) is 2. The van der Waals surface area contributed by atoms with Crippen molar-refractivity contribution >= 4 is 28.8 Å². The lowest BCUT2D eigenvalue weighted by atomic mass is 9.78. The van der Waals surface area contributed by atoms with Gasteiger partial charge in [-0.1, -0.05) is 48.5 Å². The standard InChI is InChI=1S/C31H29N3O4S/c1-21-32-25(20-39-21)19-34-27-11-6-5-10-24(27)18-31(30(34)36)28(22-8-3-2-4-9-22)38-29(33-31)23-12-14-26(15-13-23)37-17-7-16-35/h2-6,8-15,20,28,35H,7,16-19H2,1H3/t28-,31-/m0/s1. The number of nitrogens with zero attached hydrogens (tertiary/aromatic N) is 3. The summed E-state index contributed by atoms with van der Waals surface area (Å²) in [6.07, 6.45) is 0.411. The van der Waals surface area contributed by atoms with E-state index in [1.54, 1.807) is 11.3 Å². The number of hydrogen-bond acceptors (Lipinski definition) is 7. The minimum absolute atomic E-state index is 0.0853. The van der Waals surface area contributed by atoms with E-state index in [0.717, 1.165) is 33.1 Å². The molecule has 3 heterocycles. The van der Waals surface area contributed by atoms with Crippen LogP contribution in [0.3, 0.4) is 0 Å². The van der Waals surface area contributed by atoms with Gasteiger partial charge >= 0.3 is 0 Å². The average molecular weight is 540 g/mol. The number of benzene rings is 3. The van der Waals surface area contributed by atoms with E-state index in [0.29, 0.717) is 37.6 Å². The first-order valence-electron chi connectivity index (χ1n) is 13.0. The number of anilines is 1. The van der Waals surface area contributed by atoms with Gasteiger partial charge in [0.15, 0.2) is 11.6 Å². The van der Waals surface area contributed by atoms with Gasteiger partial charge in [-0.25, -0.2) is 9.98 Å². The van der Waals surface area contributed by atoms with Crippen LogP contribution in [0.2, 0.25) is 0 Å². The number of aliphatic hydroxyl groups is 1. The van der Waals surface area contributed by atoms with E-state index in [9.17, 15) is 4.79 Å². The summed E-state index contributed by atoms with van der Waals surface area (Å²) < 4.78 is 12.3. The molecule has 8 heteroatoms. The maximum absolute atomic E-state index is 14.6. The van der Waals surface area contributed by atoms with Crippen molar-refractivity contribution in [3.05, 3.63) is 112 Å². The van der Waals surface area contributed by atoms with Crippen molar-refractivity contribution in [3.63, 3.8) is 0 Å². The molecule has 4 aromatic rings. The lowest BCUT2D eigenvalue weighted by Gasteiger charge is -2.40. The van der Waals surface area contributed by atoms with Gasteiger partial charge in [0, 0.05) is 36.1 Å². The Balaban J connectivity index is 1.42. The van der Waals surface area contributed by atoms with E-state index in [1.165, 1.54) is 0 Å². The molecule has 0 fully saturated rings. The highest BCUT2D eigenvalue weighted by atomic mass is 32.1. The van der Waals surface area contributed by atoms with E-state index < -0.39 is 11.6 Å². The number of carbonyl (C=O) groups excluding carboxylic acids is 1. The number of aliphatic hydroxyl groups excluding tert-OH is 1. The summed E-state index contributed by atoms with van der Waals surface area (Å²) in [5.74, 6) is 1.04. The Bertz CT molecular complexity index is 1500. The number of para-hydroxylation sites is 1. The maximum Gasteiger partial charge on any atom is 0.260 e. The summed E-state index contributed by atoms with van der Waals surface area (Å²) in [6.45, 7) is 2.86. The molecule has 2 aliphatic rings. The van der Waals surface area contributed by atoms with Crippen LogP contribution in [0, 0.1) is 6.92 Å². The molecule has 1 N–H and O–H groups in total. The van der Waals surface area contributed by atoms with Gasteiger partial charge in [0.1, 0.15) is 5.75 Å². The predicted molar refractivity (Wildman–Crippen MR) is 151 cm³/mol. The van der Waals surface area contributed by atoms with Crippen LogP contribution in [0.15, 0.2) is 89.2 Å². The van der Waals surface area contributed by atoms with Crippen LogP contribution < -0.4 is 9.64 Å². The zero-order valence-corrected chi connectivity index (χ0v) is 22.4. The number of fused-ring (bicyclic) bond motifs is 1. The van der Waals surface area contributed by atoms with Crippen molar-refractivity contribution in [2.45, 2.75) is 38.0 Å². The van der Waals surface area contributed by atoms with Crippen LogP contribution in [0.5, 0.6) is 5.75 Å². The summed E-state index contributed by atoms with van der Waals surface area (Å²) in [7, 11) is 0. The summed E-state index contributed by atoms with van der Waals surface area (Å²) >= 11 is 1.58. The number of thiazole rings is 1. The molecule has 1 aromatic heterocycles. The first-order valence-corrected chi connectivity index (χ1v) is 13.9. The smallest absolute Gasteiger partial charge is 0.260 e. The Morgan fingerprint density at radius 3 is 2.59 bits per heavy atom. The predicted octanol–water partition coefficient (Wildman–Crippen LogP) is 5.26. The molecular weight excluding hydrogens is 510 g/mol. The average Bonchev–Trinajstić information content (AvgIpc) is 3.56. The van der Waals surface area contributed by atoms with Gasteiger partial charge in [0.25, 0.3) is 5.91 Å².